The molecule has 0 aliphatic carbocycles. The van der Waals surface area contributed by atoms with Crippen molar-refractivity contribution in [1.82, 2.24) is 9.55 Å². The van der Waals surface area contributed by atoms with Gasteiger partial charge in [-0.15, -0.1) is 0 Å². The van der Waals surface area contributed by atoms with E-state index in [2.05, 4.69) is 6.07 Å². The second kappa shape index (κ2) is 7.63. The summed E-state index contributed by atoms with van der Waals surface area (Å²) in [6.45, 7) is 2.03. The van der Waals surface area contributed by atoms with E-state index in [-0.39, 0.29) is 5.56 Å². The van der Waals surface area contributed by atoms with Gasteiger partial charge < -0.3 is 0 Å². The number of para-hydroxylation sites is 2. The molecule has 0 radical (unpaired) electrons. The molecule has 0 amide bonds. The minimum Gasteiger partial charge on any atom is -0.268 e. The average Bonchev–Trinajstić information content (AvgIpc) is 2.68. The van der Waals surface area contributed by atoms with Crippen LogP contribution in [0.4, 0.5) is 0 Å². The van der Waals surface area contributed by atoms with Crippen molar-refractivity contribution in [2.75, 3.05) is 0 Å². The Hall–Kier alpha value is -2.88. The zero-order chi connectivity index (χ0) is 19.7. The molecule has 0 aliphatic rings. The van der Waals surface area contributed by atoms with Crippen LogP contribution in [0.5, 0.6) is 0 Å². The Morgan fingerprint density at radius 1 is 0.893 bits per heavy atom. The highest BCUT2D eigenvalue weighted by molar-refractivity contribution is 6.37. The third kappa shape index (κ3) is 3.47. The molecule has 4 aromatic rings. The van der Waals surface area contributed by atoms with E-state index in [9.17, 15) is 4.79 Å². The fraction of sp³-hybridized carbons (Fsp3) is 0.0435. The lowest BCUT2D eigenvalue weighted by Crippen LogP contribution is -2.23. The first-order valence-electron chi connectivity index (χ1n) is 8.75. The third-order valence-corrected chi connectivity index (χ3v) is 5.04. The number of hydrogen-bond donors (Lipinski definition) is 0. The number of rotatable bonds is 3. The summed E-state index contributed by atoms with van der Waals surface area (Å²) in [6, 6.07) is 20.5. The van der Waals surface area contributed by atoms with Crippen molar-refractivity contribution in [1.29, 1.82) is 0 Å². The smallest absolute Gasteiger partial charge is 0.266 e. The highest BCUT2D eigenvalue weighted by Gasteiger charge is 2.16. The molecule has 0 fully saturated rings. The van der Waals surface area contributed by atoms with Crippen molar-refractivity contribution in [3.05, 3.63) is 104 Å². The summed E-state index contributed by atoms with van der Waals surface area (Å²) in [5.41, 5.74) is 3.00. The van der Waals surface area contributed by atoms with Crippen molar-refractivity contribution in [2.45, 2.75) is 6.92 Å². The second-order valence-electron chi connectivity index (χ2n) is 6.45. The Kier molecular flexibility index (Phi) is 5.03. The van der Waals surface area contributed by atoms with E-state index in [1.807, 2.05) is 55.5 Å². The molecule has 0 N–H and O–H groups in total. The number of aryl methyl sites for hydroxylation is 1. The Bertz CT molecular complexity index is 1260. The van der Waals surface area contributed by atoms with E-state index in [4.69, 9.17) is 28.2 Å². The normalized spacial score (nSPS) is 11.4. The maximum atomic E-state index is 13.3. The minimum atomic E-state index is -0.218. The molecule has 1 aromatic heterocycles. The number of benzene rings is 3. The summed E-state index contributed by atoms with van der Waals surface area (Å²) in [5.74, 6) is 0.459. The van der Waals surface area contributed by atoms with Gasteiger partial charge in [0.15, 0.2) is 0 Å². The van der Waals surface area contributed by atoms with Crippen molar-refractivity contribution in [3.63, 3.8) is 0 Å². The highest BCUT2D eigenvalue weighted by Crippen LogP contribution is 2.29. The van der Waals surface area contributed by atoms with E-state index in [1.54, 1.807) is 24.3 Å². The van der Waals surface area contributed by atoms with Gasteiger partial charge >= 0.3 is 0 Å². The fourth-order valence-corrected chi connectivity index (χ4v) is 3.69. The van der Waals surface area contributed by atoms with Crippen LogP contribution in [0.15, 0.2) is 71.5 Å². The van der Waals surface area contributed by atoms with Gasteiger partial charge in [-0.2, -0.15) is 0 Å². The van der Waals surface area contributed by atoms with Crippen LogP contribution in [0, 0.1) is 6.92 Å². The zero-order valence-corrected chi connectivity index (χ0v) is 16.6. The number of halogens is 2. The second-order valence-corrected chi connectivity index (χ2v) is 7.26. The SMILES string of the molecule is Cc1cccc(/C=C/c2nc3ccccc3c(=O)n2-c2c(Cl)cccc2Cl)c1. The molecule has 0 spiro atoms. The predicted molar refractivity (Wildman–Crippen MR) is 117 cm³/mol. The van der Waals surface area contributed by atoms with E-state index in [0.29, 0.717) is 32.5 Å². The first-order valence-corrected chi connectivity index (χ1v) is 9.51. The Balaban J connectivity index is 2.00. The van der Waals surface area contributed by atoms with Gasteiger partial charge in [0.1, 0.15) is 5.82 Å². The molecule has 1 heterocycles. The molecular weight excluding hydrogens is 391 g/mol. The van der Waals surface area contributed by atoms with E-state index < -0.39 is 0 Å². The highest BCUT2D eigenvalue weighted by atomic mass is 35.5. The van der Waals surface area contributed by atoms with Crippen molar-refractivity contribution in [3.8, 4) is 5.69 Å². The van der Waals surface area contributed by atoms with Gasteiger partial charge in [0.05, 0.1) is 26.6 Å². The molecule has 3 aromatic carbocycles. The van der Waals surface area contributed by atoms with Crippen LogP contribution in [0.1, 0.15) is 17.0 Å². The standard InChI is InChI=1S/C23H16Cl2N2O/c1-15-6-4-7-16(14-15)12-13-21-26-20-11-3-2-8-17(20)23(28)27(21)22-18(24)9-5-10-19(22)25/h2-14H,1H3/b13-12+. The third-order valence-electron chi connectivity index (χ3n) is 4.43. The van der Waals surface area contributed by atoms with Crippen molar-refractivity contribution < 1.29 is 0 Å². The number of fused-ring (bicyclic) bond motifs is 1. The van der Waals surface area contributed by atoms with Gasteiger partial charge in [0.25, 0.3) is 5.56 Å². The summed E-state index contributed by atoms with van der Waals surface area (Å²) >= 11 is 12.8. The van der Waals surface area contributed by atoms with Gasteiger partial charge in [-0.3, -0.25) is 9.36 Å². The van der Waals surface area contributed by atoms with Gasteiger partial charge in [0, 0.05) is 0 Å². The number of nitrogens with zero attached hydrogens (tertiary/aromatic N) is 2. The molecule has 3 nitrogen and oxygen atoms in total. The Morgan fingerprint density at radius 2 is 1.61 bits per heavy atom. The molecule has 0 aliphatic heterocycles. The maximum absolute atomic E-state index is 13.3. The van der Waals surface area contributed by atoms with Crippen LogP contribution in [-0.2, 0) is 0 Å². The van der Waals surface area contributed by atoms with Crippen LogP contribution in [-0.4, -0.2) is 9.55 Å². The van der Waals surface area contributed by atoms with Gasteiger partial charge in [-0.1, -0.05) is 77.3 Å². The monoisotopic (exact) mass is 406 g/mol. The van der Waals surface area contributed by atoms with Crippen molar-refractivity contribution in [2.24, 2.45) is 0 Å². The first kappa shape index (κ1) is 18.5. The van der Waals surface area contributed by atoms with Crippen LogP contribution < -0.4 is 5.56 Å². The lowest BCUT2D eigenvalue weighted by Gasteiger charge is -2.14. The van der Waals surface area contributed by atoms with Crippen LogP contribution in [0.3, 0.4) is 0 Å². The lowest BCUT2D eigenvalue weighted by atomic mass is 10.1. The Morgan fingerprint density at radius 3 is 2.36 bits per heavy atom. The van der Waals surface area contributed by atoms with Gasteiger partial charge in [0.2, 0.25) is 0 Å². The quantitative estimate of drug-likeness (QED) is 0.407. The molecule has 0 atom stereocenters. The number of aromatic nitrogens is 2. The number of hydrogen-bond acceptors (Lipinski definition) is 2. The Labute approximate surface area is 172 Å². The summed E-state index contributed by atoms with van der Waals surface area (Å²) in [5, 5.41) is 1.28. The molecule has 5 heteroatoms. The molecule has 0 saturated heterocycles. The molecule has 0 bridgehead atoms. The average molecular weight is 407 g/mol. The fourth-order valence-electron chi connectivity index (χ4n) is 3.12. The van der Waals surface area contributed by atoms with Gasteiger partial charge in [-0.25, -0.2) is 4.98 Å². The first-order chi connectivity index (χ1) is 13.5. The van der Waals surface area contributed by atoms with Crippen LogP contribution in [0.2, 0.25) is 10.0 Å². The topological polar surface area (TPSA) is 34.9 Å². The van der Waals surface area contributed by atoms with Gasteiger partial charge in [-0.05, 0) is 42.8 Å². The molecule has 0 unspecified atom stereocenters. The zero-order valence-electron chi connectivity index (χ0n) is 15.1. The molecule has 0 saturated carbocycles. The van der Waals surface area contributed by atoms with Crippen molar-refractivity contribution >= 4 is 46.3 Å². The molecule has 28 heavy (non-hydrogen) atoms. The summed E-state index contributed by atoms with van der Waals surface area (Å²) < 4.78 is 1.47. The summed E-state index contributed by atoms with van der Waals surface area (Å²) in [7, 11) is 0. The summed E-state index contributed by atoms with van der Waals surface area (Å²) in [6.07, 6.45) is 3.73. The van der Waals surface area contributed by atoms with Crippen LogP contribution in [0.25, 0.3) is 28.7 Å². The maximum Gasteiger partial charge on any atom is 0.266 e. The van der Waals surface area contributed by atoms with E-state index in [0.717, 1.165) is 11.1 Å². The minimum absolute atomic E-state index is 0.218. The molecular formula is C23H16Cl2N2O. The van der Waals surface area contributed by atoms with E-state index >= 15 is 0 Å². The molecule has 138 valence electrons. The van der Waals surface area contributed by atoms with E-state index in [1.165, 1.54) is 4.57 Å². The predicted octanol–water partition coefficient (Wildman–Crippen LogP) is 6.17. The molecule has 4 rings (SSSR count). The lowest BCUT2D eigenvalue weighted by molar-refractivity contribution is 0.944. The summed E-state index contributed by atoms with van der Waals surface area (Å²) in [4.78, 5) is 18.0. The largest absolute Gasteiger partial charge is 0.268 e. The van der Waals surface area contributed by atoms with Crippen LogP contribution >= 0.6 is 23.2 Å².